The molecule has 1 unspecified atom stereocenters. The predicted octanol–water partition coefficient (Wildman–Crippen LogP) is 7.68. The maximum Gasteiger partial charge on any atom is 0.416 e. The van der Waals surface area contributed by atoms with Crippen LogP contribution in [0.2, 0.25) is 0 Å². The van der Waals surface area contributed by atoms with Crippen molar-refractivity contribution in [1.29, 1.82) is 0 Å². The quantitative estimate of drug-likeness (QED) is 0.185. The Labute approximate surface area is 259 Å². The lowest BCUT2D eigenvalue weighted by Crippen LogP contribution is -2.28. The van der Waals surface area contributed by atoms with Crippen LogP contribution in [-0.2, 0) is 31.8 Å². The van der Waals surface area contributed by atoms with E-state index >= 15 is 0 Å². The Kier molecular flexibility index (Phi) is 10.6. The highest BCUT2D eigenvalue weighted by atomic mass is 19.4. The molecule has 45 heavy (non-hydrogen) atoms. The SMILES string of the molecule is Cc1cc(-c2cccc(C(=O)CC(=O)Nc3cc(C(F)(F)F)ccc3NC(=O)OC(C)(C)C)c2)cc(COC2CCCCO2)n1. The number of carbonyl (C=O) groups is 3. The molecular weight excluding hydrogens is 591 g/mol. The second-order valence-corrected chi connectivity index (χ2v) is 11.7. The second-order valence-electron chi connectivity index (χ2n) is 11.7. The van der Waals surface area contributed by atoms with Crippen molar-refractivity contribution in [2.75, 3.05) is 17.2 Å². The van der Waals surface area contributed by atoms with Crippen LogP contribution in [-0.4, -0.2) is 41.3 Å². The highest BCUT2D eigenvalue weighted by Gasteiger charge is 2.32. The van der Waals surface area contributed by atoms with Crippen LogP contribution in [0.5, 0.6) is 0 Å². The van der Waals surface area contributed by atoms with Crippen LogP contribution in [0.25, 0.3) is 11.1 Å². The Bertz CT molecular complexity index is 1550. The van der Waals surface area contributed by atoms with Crippen LogP contribution in [0.4, 0.5) is 29.3 Å². The van der Waals surface area contributed by atoms with Crippen molar-refractivity contribution in [2.45, 2.75) is 78.1 Å². The standard InChI is InChI=1S/C33H36F3N3O6/c1-20-14-23(16-25(37-20)19-44-30-10-5-6-13-43-30)21-8-7-9-22(15-21)28(40)18-29(41)38-27-17-24(33(34,35)36)11-12-26(27)39-31(42)45-32(2,3)4/h7-9,11-12,14-17,30H,5-6,10,13,18-19H2,1-4H3,(H,38,41)(H,39,42). The van der Waals surface area contributed by atoms with E-state index < -0.39 is 41.5 Å². The molecule has 4 rings (SSSR count). The molecule has 1 aromatic heterocycles. The van der Waals surface area contributed by atoms with Crippen LogP contribution in [0.1, 0.15) is 73.8 Å². The number of anilines is 2. The molecule has 0 spiro atoms. The molecule has 2 heterocycles. The number of hydrogen-bond acceptors (Lipinski definition) is 7. The summed E-state index contributed by atoms with van der Waals surface area (Å²) in [6, 6.07) is 12.9. The van der Waals surface area contributed by atoms with Crippen molar-refractivity contribution in [1.82, 2.24) is 4.98 Å². The molecule has 240 valence electrons. The van der Waals surface area contributed by atoms with E-state index in [0.29, 0.717) is 23.9 Å². The molecule has 0 aliphatic carbocycles. The molecule has 1 atom stereocenters. The Morgan fingerprint density at radius 2 is 1.73 bits per heavy atom. The summed E-state index contributed by atoms with van der Waals surface area (Å²) in [6.07, 6.45) is -3.67. The van der Waals surface area contributed by atoms with Gasteiger partial charge in [-0.2, -0.15) is 13.2 Å². The monoisotopic (exact) mass is 627 g/mol. The third-order valence-corrected chi connectivity index (χ3v) is 6.66. The summed E-state index contributed by atoms with van der Waals surface area (Å²) in [5.74, 6) is -1.41. The van der Waals surface area contributed by atoms with E-state index in [0.717, 1.165) is 42.7 Å². The zero-order valence-corrected chi connectivity index (χ0v) is 25.5. The average molecular weight is 628 g/mol. The molecule has 3 aromatic rings. The van der Waals surface area contributed by atoms with E-state index in [-0.39, 0.29) is 29.8 Å². The van der Waals surface area contributed by atoms with Gasteiger partial charge in [0.1, 0.15) is 5.60 Å². The van der Waals surface area contributed by atoms with Gasteiger partial charge in [-0.25, -0.2) is 4.79 Å². The van der Waals surface area contributed by atoms with Gasteiger partial charge in [0.15, 0.2) is 12.1 Å². The number of hydrogen-bond donors (Lipinski definition) is 2. The first-order chi connectivity index (χ1) is 21.2. The molecule has 2 N–H and O–H groups in total. The lowest BCUT2D eigenvalue weighted by atomic mass is 9.99. The molecule has 12 heteroatoms. The zero-order chi connectivity index (χ0) is 32.8. The number of rotatable bonds is 9. The maximum absolute atomic E-state index is 13.4. The number of ether oxygens (including phenoxy) is 3. The number of ketones is 1. The summed E-state index contributed by atoms with van der Waals surface area (Å²) < 4.78 is 56.9. The lowest BCUT2D eigenvalue weighted by molar-refractivity contribution is -0.169. The van der Waals surface area contributed by atoms with E-state index in [1.165, 1.54) is 0 Å². The van der Waals surface area contributed by atoms with E-state index in [1.807, 2.05) is 25.1 Å². The molecule has 0 radical (unpaired) electrons. The number of aryl methyl sites for hydroxylation is 1. The molecular formula is C33H36F3N3O6. The van der Waals surface area contributed by atoms with E-state index in [2.05, 4.69) is 15.6 Å². The largest absolute Gasteiger partial charge is 0.444 e. The van der Waals surface area contributed by atoms with Crippen molar-refractivity contribution in [3.8, 4) is 11.1 Å². The Morgan fingerprint density at radius 1 is 0.956 bits per heavy atom. The molecule has 2 aromatic carbocycles. The van der Waals surface area contributed by atoms with Crippen molar-refractivity contribution in [3.63, 3.8) is 0 Å². The summed E-state index contributed by atoms with van der Waals surface area (Å²) in [5, 5.41) is 4.68. The smallest absolute Gasteiger partial charge is 0.416 e. The van der Waals surface area contributed by atoms with Gasteiger partial charge >= 0.3 is 12.3 Å². The summed E-state index contributed by atoms with van der Waals surface area (Å²) in [7, 11) is 0. The molecule has 1 fully saturated rings. The normalized spacial score (nSPS) is 15.3. The molecule has 1 saturated heterocycles. The number of aromatic nitrogens is 1. The highest BCUT2D eigenvalue weighted by Crippen LogP contribution is 2.34. The fraction of sp³-hybridized carbons (Fsp3) is 0.394. The lowest BCUT2D eigenvalue weighted by Gasteiger charge is -2.22. The number of Topliss-reactive ketones (excluding diaryl/α,β-unsaturated/α-hetero) is 1. The Morgan fingerprint density at radius 3 is 2.42 bits per heavy atom. The van der Waals surface area contributed by atoms with Gasteiger partial charge in [0, 0.05) is 17.9 Å². The fourth-order valence-electron chi connectivity index (χ4n) is 4.66. The molecule has 1 aliphatic heterocycles. The third kappa shape index (κ3) is 10.1. The van der Waals surface area contributed by atoms with Crippen molar-refractivity contribution >= 4 is 29.2 Å². The highest BCUT2D eigenvalue weighted by molar-refractivity contribution is 6.12. The summed E-state index contributed by atoms with van der Waals surface area (Å²) in [4.78, 5) is 42.8. The number of nitrogens with one attached hydrogen (secondary N) is 2. The van der Waals surface area contributed by atoms with Gasteiger partial charge in [-0.15, -0.1) is 0 Å². The number of nitrogens with zero attached hydrogens (tertiary/aromatic N) is 1. The van der Waals surface area contributed by atoms with Gasteiger partial charge in [-0.1, -0.05) is 18.2 Å². The molecule has 0 saturated carbocycles. The molecule has 2 amide bonds. The predicted molar refractivity (Wildman–Crippen MR) is 162 cm³/mol. The summed E-state index contributed by atoms with van der Waals surface area (Å²) in [5.41, 5.74) is 0.836. The minimum atomic E-state index is -4.71. The van der Waals surface area contributed by atoms with Gasteiger partial charge in [-0.05, 0) is 94.5 Å². The van der Waals surface area contributed by atoms with E-state index in [1.54, 1.807) is 39.0 Å². The number of carbonyl (C=O) groups excluding carboxylic acids is 3. The van der Waals surface area contributed by atoms with E-state index in [4.69, 9.17) is 14.2 Å². The van der Waals surface area contributed by atoms with Gasteiger partial charge in [0.05, 0.1) is 35.7 Å². The Hall–Kier alpha value is -4.29. The fourth-order valence-corrected chi connectivity index (χ4v) is 4.66. The summed E-state index contributed by atoms with van der Waals surface area (Å²) in [6.45, 7) is 7.65. The summed E-state index contributed by atoms with van der Waals surface area (Å²) >= 11 is 0. The van der Waals surface area contributed by atoms with Crippen LogP contribution in [0.15, 0.2) is 54.6 Å². The zero-order valence-electron chi connectivity index (χ0n) is 25.5. The average Bonchev–Trinajstić information content (AvgIpc) is 2.95. The van der Waals surface area contributed by atoms with Crippen LogP contribution >= 0.6 is 0 Å². The van der Waals surface area contributed by atoms with Crippen molar-refractivity contribution < 1.29 is 41.8 Å². The minimum Gasteiger partial charge on any atom is -0.444 e. The minimum absolute atomic E-state index is 0.122. The first-order valence-corrected chi connectivity index (χ1v) is 14.5. The van der Waals surface area contributed by atoms with Crippen LogP contribution in [0, 0.1) is 6.92 Å². The van der Waals surface area contributed by atoms with Crippen molar-refractivity contribution in [3.05, 3.63) is 77.1 Å². The number of amides is 2. The number of benzene rings is 2. The molecule has 1 aliphatic rings. The third-order valence-electron chi connectivity index (χ3n) is 6.66. The topological polar surface area (TPSA) is 116 Å². The number of alkyl halides is 3. The molecule has 9 nitrogen and oxygen atoms in total. The van der Waals surface area contributed by atoms with Crippen LogP contribution < -0.4 is 10.6 Å². The number of pyridine rings is 1. The second kappa shape index (κ2) is 14.2. The first-order valence-electron chi connectivity index (χ1n) is 14.5. The van der Waals surface area contributed by atoms with Gasteiger partial charge in [0.2, 0.25) is 5.91 Å². The van der Waals surface area contributed by atoms with E-state index in [9.17, 15) is 27.6 Å². The first kappa shape index (κ1) is 33.6. The molecule has 0 bridgehead atoms. The van der Waals surface area contributed by atoms with Gasteiger partial charge in [0.25, 0.3) is 0 Å². The number of halogens is 3. The van der Waals surface area contributed by atoms with Gasteiger partial charge < -0.3 is 19.5 Å². The Balaban J connectivity index is 1.47. The van der Waals surface area contributed by atoms with Gasteiger partial charge in [-0.3, -0.25) is 19.9 Å². The van der Waals surface area contributed by atoms with Crippen molar-refractivity contribution in [2.24, 2.45) is 0 Å². The maximum atomic E-state index is 13.4. The van der Waals surface area contributed by atoms with Crippen LogP contribution in [0.3, 0.4) is 0 Å².